The SMILES string of the molecule is CCCN1C(=C=O)CN([C@@H](C)c2ccc(-n3cc(F)cn3)nc2)C(=C=O)C12CCN(C(=O)OC(C)(C)C)CC2. The van der Waals surface area contributed by atoms with Gasteiger partial charge in [0.1, 0.15) is 28.9 Å². The standard InChI is InChI=1S/C28H35FN6O4/c1-6-11-34-23(18-36)17-33(20(2)21-7-8-25(30-14-21)35-16-22(29)15-31-35)24(19-37)28(34)9-12-32(13-10-28)26(38)39-27(3,4)5/h7-8,14-16,20H,6,9-13,17H2,1-5H3/t20-/m0/s1. The van der Waals surface area contributed by atoms with Crippen molar-refractivity contribution >= 4 is 18.0 Å². The highest BCUT2D eigenvalue weighted by molar-refractivity contribution is 5.69. The summed E-state index contributed by atoms with van der Waals surface area (Å²) in [7, 11) is 0. The second-order valence-corrected chi connectivity index (χ2v) is 11.0. The molecule has 0 unspecified atom stereocenters. The van der Waals surface area contributed by atoms with Crippen LogP contribution in [0.1, 0.15) is 65.5 Å². The number of hydrogen-bond donors (Lipinski definition) is 0. The Morgan fingerprint density at radius 1 is 1.18 bits per heavy atom. The van der Waals surface area contributed by atoms with Crippen LogP contribution in [0.15, 0.2) is 42.1 Å². The first-order chi connectivity index (χ1) is 18.5. The first-order valence-corrected chi connectivity index (χ1v) is 13.2. The Labute approximate surface area is 227 Å². The summed E-state index contributed by atoms with van der Waals surface area (Å²) < 4.78 is 20.3. The molecule has 1 atom stereocenters. The van der Waals surface area contributed by atoms with E-state index in [0.29, 0.717) is 49.7 Å². The van der Waals surface area contributed by atoms with E-state index in [-0.39, 0.29) is 12.6 Å². The van der Waals surface area contributed by atoms with Crippen LogP contribution in [0.5, 0.6) is 0 Å². The Balaban J connectivity index is 1.64. The van der Waals surface area contributed by atoms with Gasteiger partial charge in [-0.25, -0.2) is 28.4 Å². The molecule has 10 nitrogen and oxygen atoms in total. The quantitative estimate of drug-likeness (QED) is 0.532. The van der Waals surface area contributed by atoms with Gasteiger partial charge in [0, 0.05) is 25.8 Å². The summed E-state index contributed by atoms with van der Waals surface area (Å²) in [4.78, 5) is 47.6. The molecule has 4 heterocycles. The molecule has 11 heteroatoms. The average molecular weight is 539 g/mol. The van der Waals surface area contributed by atoms with E-state index in [1.807, 2.05) is 50.5 Å². The number of carbonyl (C=O) groups is 1. The Morgan fingerprint density at radius 3 is 2.41 bits per heavy atom. The molecular weight excluding hydrogens is 503 g/mol. The van der Waals surface area contributed by atoms with E-state index in [2.05, 4.69) is 22.0 Å². The summed E-state index contributed by atoms with van der Waals surface area (Å²) in [5.41, 5.74) is 0.285. The molecular formula is C28H35FN6O4. The molecule has 4 rings (SSSR count). The third-order valence-corrected chi connectivity index (χ3v) is 7.30. The molecule has 39 heavy (non-hydrogen) atoms. The van der Waals surface area contributed by atoms with Gasteiger partial charge in [0.25, 0.3) is 0 Å². The molecule has 1 spiro atoms. The maximum atomic E-state index is 13.4. The highest BCUT2D eigenvalue weighted by Crippen LogP contribution is 2.45. The first-order valence-electron chi connectivity index (χ1n) is 13.2. The fourth-order valence-electron chi connectivity index (χ4n) is 5.40. The van der Waals surface area contributed by atoms with Crippen LogP contribution in [0.25, 0.3) is 5.82 Å². The molecule has 2 saturated heterocycles. The Kier molecular flexibility index (Phi) is 7.95. The normalized spacial score (nSPS) is 18.2. The van der Waals surface area contributed by atoms with E-state index < -0.39 is 23.1 Å². The Bertz CT molecular complexity index is 1300. The van der Waals surface area contributed by atoms with E-state index in [4.69, 9.17) is 4.74 Å². The first kappa shape index (κ1) is 28.1. The van der Waals surface area contributed by atoms with Crippen molar-refractivity contribution in [3.05, 3.63) is 53.5 Å². The maximum absolute atomic E-state index is 13.4. The molecule has 0 aromatic carbocycles. The highest BCUT2D eigenvalue weighted by atomic mass is 19.1. The Morgan fingerprint density at radius 2 is 1.90 bits per heavy atom. The minimum atomic E-state index is -0.810. The number of halogens is 1. The van der Waals surface area contributed by atoms with Gasteiger partial charge >= 0.3 is 6.09 Å². The molecule has 2 aromatic heterocycles. The van der Waals surface area contributed by atoms with E-state index in [0.717, 1.165) is 18.2 Å². The average Bonchev–Trinajstić information content (AvgIpc) is 3.35. The summed E-state index contributed by atoms with van der Waals surface area (Å²) in [5, 5.41) is 3.94. The van der Waals surface area contributed by atoms with E-state index in [9.17, 15) is 18.8 Å². The third kappa shape index (κ3) is 5.60. The van der Waals surface area contributed by atoms with Gasteiger partial charge in [-0.15, -0.1) is 0 Å². The highest BCUT2D eigenvalue weighted by Gasteiger charge is 2.52. The summed E-state index contributed by atoms with van der Waals surface area (Å²) in [5.74, 6) is 4.34. The second-order valence-electron chi connectivity index (χ2n) is 11.0. The number of piperidine rings is 1. The van der Waals surface area contributed by atoms with Gasteiger partial charge in [0.15, 0.2) is 11.6 Å². The van der Waals surface area contributed by atoms with Gasteiger partial charge in [-0.2, -0.15) is 5.10 Å². The van der Waals surface area contributed by atoms with Crippen LogP contribution < -0.4 is 0 Å². The predicted molar refractivity (Wildman–Crippen MR) is 142 cm³/mol. The second kappa shape index (κ2) is 11.0. The van der Waals surface area contributed by atoms with Crippen LogP contribution in [0.4, 0.5) is 9.18 Å². The van der Waals surface area contributed by atoms with Crippen LogP contribution in [0, 0.1) is 5.82 Å². The number of pyridine rings is 1. The van der Waals surface area contributed by atoms with Crippen molar-refractivity contribution in [2.24, 2.45) is 0 Å². The largest absolute Gasteiger partial charge is 0.444 e. The van der Waals surface area contributed by atoms with Crippen molar-refractivity contribution in [3.8, 4) is 5.82 Å². The number of likely N-dealkylation sites (tertiary alicyclic amines) is 1. The van der Waals surface area contributed by atoms with E-state index in [1.54, 1.807) is 17.2 Å². The lowest BCUT2D eigenvalue weighted by atomic mass is 9.79. The zero-order chi connectivity index (χ0) is 28.4. The lowest BCUT2D eigenvalue weighted by molar-refractivity contribution is -0.00785. The number of rotatable bonds is 5. The Hall–Kier alpha value is -3.94. The lowest BCUT2D eigenvalue weighted by Gasteiger charge is -2.56. The minimum Gasteiger partial charge on any atom is -0.444 e. The topological polar surface area (TPSA) is 101 Å². The fraction of sp³-hybridized carbons (Fsp3) is 0.536. The molecule has 0 N–H and O–H groups in total. The van der Waals surface area contributed by atoms with Crippen LogP contribution in [0.2, 0.25) is 0 Å². The summed E-state index contributed by atoms with van der Waals surface area (Å²) in [6.07, 6.45) is 5.25. The fourth-order valence-corrected chi connectivity index (χ4v) is 5.40. The van der Waals surface area contributed by atoms with Crippen molar-refractivity contribution in [2.45, 2.75) is 71.1 Å². The third-order valence-electron chi connectivity index (χ3n) is 7.30. The number of amides is 1. The van der Waals surface area contributed by atoms with Crippen molar-refractivity contribution in [1.29, 1.82) is 0 Å². The molecule has 0 radical (unpaired) electrons. The molecule has 208 valence electrons. The van der Waals surface area contributed by atoms with Gasteiger partial charge in [0.05, 0.1) is 30.5 Å². The van der Waals surface area contributed by atoms with E-state index >= 15 is 0 Å². The van der Waals surface area contributed by atoms with Gasteiger partial charge in [-0.05, 0) is 58.6 Å². The van der Waals surface area contributed by atoms with E-state index in [1.165, 1.54) is 10.9 Å². The molecule has 2 fully saturated rings. The summed E-state index contributed by atoms with van der Waals surface area (Å²) in [6.45, 7) is 10.9. The van der Waals surface area contributed by atoms with Crippen molar-refractivity contribution < 1.29 is 23.5 Å². The maximum Gasteiger partial charge on any atom is 0.410 e. The molecule has 2 aliphatic rings. The van der Waals surface area contributed by atoms with Gasteiger partial charge in [0.2, 0.25) is 0 Å². The number of nitrogens with zero attached hydrogens (tertiary/aromatic N) is 6. The minimum absolute atomic E-state index is 0.193. The summed E-state index contributed by atoms with van der Waals surface area (Å²) >= 11 is 0. The van der Waals surface area contributed by atoms with Gasteiger partial charge in [-0.1, -0.05) is 13.0 Å². The number of aromatic nitrogens is 3. The molecule has 1 amide bonds. The van der Waals surface area contributed by atoms with Crippen LogP contribution in [0.3, 0.4) is 0 Å². The molecule has 2 aromatic rings. The van der Waals surface area contributed by atoms with Crippen LogP contribution >= 0.6 is 0 Å². The monoisotopic (exact) mass is 538 g/mol. The summed E-state index contributed by atoms with van der Waals surface area (Å²) in [6, 6.07) is 3.24. The molecule has 2 aliphatic heterocycles. The molecule has 0 aliphatic carbocycles. The number of piperazine rings is 1. The zero-order valence-corrected chi connectivity index (χ0v) is 23.1. The number of hydrogen-bond acceptors (Lipinski definition) is 8. The molecule has 0 bridgehead atoms. The number of ether oxygens (including phenoxy) is 1. The van der Waals surface area contributed by atoms with Crippen molar-refractivity contribution in [1.82, 2.24) is 29.5 Å². The number of carbonyl (C=O) groups excluding carboxylic acids is 3. The van der Waals surface area contributed by atoms with Gasteiger partial charge < -0.3 is 19.4 Å². The van der Waals surface area contributed by atoms with Crippen LogP contribution in [-0.2, 0) is 14.3 Å². The zero-order valence-electron chi connectivity index (χ0n) is 23.1. The van der Waals surface area contributed by atoms with Crippen LogP contribution in [-0.4, -0.2) is 84.8 Å². The van der Waals surface area contributed by atoms with Crippen molar-refractivity contribution in [2.75, 3.05) is 26.2 Å². The lowest BCUT2D eigenvalue weighted by Crippen LogP contribution is -2.64. The smallest absolute Gasteiger partial charge is 0.410 e. The predicted octanol–water partition coefficient (Wildman–Crippen LogP) is 3.70. The van der Waals surface area contributed by atoms with Gasteiger partial charge in [-0.3, -0.25) is 0 Å². The molecule has 0 saturated carbocycles. The van der Waals surface area contributed by atoms with Crippen molar-refractivity contribution in [3.63, 3.8) is 0 Å².